The summed E-state index contributed by atoms with van der Waals surface area (Å²) >= 11 is 0. The minimum Gasteiger partial charge on any atom is -0.478 e. The van der Waals surface area contributed by atoms with Gasteiger partial charge in [0, 0.05) is 83.1 Å². The molecule has 3 rings (SSSR count). The van der Waals surface area contributed by atoms with Gasteiger partial charge >= 0.3 is 23.9 Å². The van der Waals surface area contributed by atoms with Crippen LogP contribution in [0.1, 0.15) is 37.8 Å². The Balaban J connectivity index is 0.000000625. The second-order valence-corrected chi connectivity index (χ2v) is 7.23. The molecule has 2 aromatic rings. The summed E-state index contributed by atoms with van der Waals surface area (Å²) in [5.74, 6) is -3.32. The second-order valence-electron chi connectivity index (χ2n) is 7.23. The van der Waals surface area contributed by atoms with E-state index in [0.29, 0.717) is 24.0 Å². The summed E-state index contributed by atoms with van der Waals surface area (Å²) in [6.07, 6.45) is 1.33. The van der Waals surface area contributed by atoms with Gasteiger partial charge in [0.05, 0.1) is 11.1 Å². The molecule has 7 nitrogen and oxygen atoms in total. The topological polar surface area (TPSA) is 118 Å². The molecule has 0 spiro atoms. The molecular formula is C26H26Na2O7. The Hall–Kier alpha value is -2.00. The van der Waals surface area contributed by atoms with E-state index in [2.05, 4.69) is 4.74 Å². The van der Waals surface area contributed by atoms with E-state index in [0.717, 1.165) is 11.1 Å². The molecule has 1 heterocycles. The van der Waals surface area contributed by atoms with Crippen LogP contribution in [0, 0.1) is 0 Å². The van der Waals surface area contributed by atoms with E-state index in [4.69, 9.17) is 10.2 Å². The summed E-state index contributed by atoms with van der Waals surface area (Å²) in [5, 5.41) is 18.0. The van der Waals surface area contributed by atoms with Crippen LogP contribution < -0.4 is 0 Å². The van der Waals surface area contributed by atoms with Crippen LogP contribution in [0.4, 0.5) is 0 Å². The van der Waals surface area contributed by atoms with Crippen LogP contribution in [0.5, 0.6) is 0 Å². The zero-order valence-electron chi connectivity index (χ0n) is 20.5. The number of aliphatic carboxylic acids is 2. The summed E-state index contributed by atoms with van der Waals surface area (Å²) in [7, 11) is 0. The summed E-state index contributed by atoms with van der Waals surface area (Å²) < 4.78 is 4.60. The molecule has 0 aliphatic carbocycles. The third kappa shape index (κ3) is 9.88. The Bertz CT molecular complexity index is 1090. The summed E-state index contributed by atoms with van der Waals surface area (Å²) in [6.45, 7) is 3.48. The first kappa shape index (κ1) is 33.0. The van der Waals surface area contributed by atoms with Crippen molar-refractivity contribution in [3.05, 3.63) is 94.1 Å². The fourth-order valence-electron chi connectivity index (χ4n) is 3.40. The summed E-state index contributed by atoms with van der Waals surface area (Å²) in [4.78, 5) is 44.8. The third-order valence-electron chi connectivity index (χ3n) is 5.08. The Morgan fingerprint density at radius 1 is 0.714 bits per heavy atom. The number of carboxylic acids is 2. The zero-order valence-corrected chi connectivity index (χ0v) is 24.5. The van der Waals surface area contributed by atoms with Crippen molar-refractivity contribution in [2.24, 2.45) is 0 Å². The second kappa shape index (κ2) is 16.6. The Kier molecular flexibility index (Phi) is 15.7. The van der Waals surface area contributed by atoms with Crippen molar-refractivity contribution in [1.29, 1.82) is 0 Å². The number of benzene rings is 2. The predicted molar refractivity (Wildman–Crippen MR) is 133 cm³/mol. The zero-order chi connectivity index (χ0) is 24.4. The van der Waals surface area contributed by atoms with E-state index in [9.17, 15) is 19.2 Å². The number of cyclic esters (lactones) is 2. The molecule has 2 N–H and O–H groups in total. The number of carbonyl (C=O) groups is 4. The molecule has 9 heteroatoms. The fraction of sp³-hybridized carbons (Fsp3) is 0.231. The van der Waals surface area contributed by atoms with Crippen LogP contribution in [0.15, 0.2) is 83.0 Å². The van der Waals surface area contributed by atoms with E-state index < -0.39 is 23.9 Å². The molecule has 35 heavy (non-hydrogen) atoms. The van der Waals surface area contributed by atoms with Gasteiger partial charge in [0.1, 0.15) is 0 Å². The van der Waals surface area contributed by atoms with Crippen molar-refractivity contribution < 1.29 is 34.1 Å². The molecule has 1 aliphatic heterocycles. The van der Waals surface area contributed by atoms with Gasteiger partial charge in [-0.25, -0.2) is 19.2 Å². The minimum atomic E-state index is -1.17. The van der Waals surface area contributed by atoms with E-state index in [1.807, 2.05) is 43.3 Å². The van der Waals surface area contributed by atoms with Gasteiger partial charge in [-0.3, -0.25) is 0 Å². The predicted octanol–water partition coefficient (Wildman–Crippen LogP) is 3.36. The number of carbonyl (C=O) groups excluding carboxylic acids is 2. The maximum atomic E-state index is 11.5. The van der Waals surface area contributed by atoms with Gasteiger partial charge in [0.15, 0.2) is 0 Å². The van der Waals surface area contributed by atoms with Gasteiger partial charge in [0.25, 0.3) is 0 Å². The average Bonchev–Trinajstić information content (AvgIpc) is 3.07. The first-order valence-electron chi connectivity index (χ1n) is 10.5. The van der Waals surface area contributed by atoms with Crippen LogP contribution in [0.25, 0.3) is 0 Å². The van der Waals surface area contributed by atoms with E-state index in [1.54, 1.807) is 31.2 Å². The van der Waals surface area contributed by atoms with Crippen LogP contribution in [-0.4, -0.2) is 93.2 Å². The number of carboxylic acid groups (broad SMARTS) is 2. The smallest absolute Gasteiger partial charge is 0.342 e. The quantitative estimate of drug-likeness (QED) is 0.249. The summed E-state index contributed by atoms with van der Waals surface area (Å²) in [5.41, 5.74) is 2.72. The van der Waals surface area contributed by atoms with Crippen LogP contribution in [0.3, 0.4) is 0 Å². The normalized spacial score (nSPS) is 12.9. The molecule has 174 valence electrons. The maximum Gasteiger partial charge on any atom is 0.342 e. The van der Waals surface area contributed by atoms with Gasteiger partial charge in [-0.2, -0.15) is 0 Å². The van der Waals surface area contributed by atoms with E-state index >= 15 is 0 Å². The fourth-order valence-corrected chi connectivity index (χ4v) is 3.40. The van der Waals surface area contributed by atoms with E-state index in [1.165, 1.54) is 0 Å². The van der Waals surface area contributed by atoms with Crippen molar-refractivity contribution in [2.75, 3.05) is 0 Å². The number of esters is 2. The Morgan fingerprint density at radius 3 is 1.60 bits per heavy atom. The SMILES string of the molecule is CC/C(C(=O)O)=C(\Cc1ccccc1)C(=O)O.CCC1=C(Cc2ccccc2)C(=O)OC1=O.[Na].[Na]. The van der Waals surface area contributed by atoms with Crippen molar-refractivity contribution in [3.8, 4) is 0 Å². The van der Waals surface area contributed by atoms with Gasteiger partial charge in [0.2, 0.25) is 0 Å². The molecule has 0 bridgehead atoms. The number of hydrogen-bond acceptors (Lipinski definition) is 5. The maximum absolute atomic E-state index is 11.5. The first-order valence-corrected chi connectivity index (χ1v) is 10.5. The molecule has 1 aliphatic rings. The average molecular weight is 496 g/mol. The Labute approximate surface area is 248 Å². The van der Waals surface area contributed by atoms with Crippen LogP contribution >= 0.6 is 0 Å². The molecule has 2 radical (unpaired) electrons. The largest absolute Gasteiger partial charge is 0.478 e. The van der Waals surface area contributed by atoms with Crippen molar-refractivity contribution in [2.45, 2.75) is 39.5 Å². The molecule has 0 saturated carbocycles. The van der Waals surface area contributed by atoms with Crippen molar-refractivity contribution in [1.82, 2.24) is 0 Å². The molecule has 0 saturated heterocycles. The standard InChI is InChI=1S/C13H14O4.C13H12O3.2Na/c1-2-10(12(14)15)11(13(16)17)8-9-6-4-3-5-7-9;1-2-10-11(13(15)16-12(10)14)8-9-6-4-3-5-7-9;;/h3-7H,2,8H2,1H3,(H,14,15)(H,16,17);3-7H,2,8H2,1H3;;/b11-10-;;;. The molecule has 2 aromatic carbocycles. The molecule has 0 fully saturated rings. The monoisotopic (exact) mass is 496 g/mol. The van der Waals surface area contributed by atoms with Crippen LogP contribution in [-0.2, 0) is 36.8 Å². The van der Waals surface area contributed by atoms with Crippen molar-refractivity contribution >= 4 is 83.0 Å². The van der Waals surface area contributed by atoms with Crippen molar-refractivity contribution in [3.63, 3.8) is 0 Å². The molecule has 0 unspecified atom stereocenters. The Morgan fingerprint density at radius 2 is 1.17 bits per heavy atom. The summed E-state index contributed by atoms with van der Waals surface area (Å²) in [6, 6.07) is 18.5. The van der Waals surface area contributed by atoms with Crippen LogP contribution in [0.2, 0.25) is 0 Å². The molecular weight excluding hydrogens is 470 g/mol. The third-order valence-corrected chi connectivity index (χ3v) is 5.08. The van der Waals surface area contributed by atoms with Gasteiger partial charge in [-0.05, 0) is 24.0 Å². The molecule has 0 atom stereocenters. The number of ether oxygens (including phenoxy) is 1. The number of hydrogen-bond donors (Lipinski definition) is 2. The van der Waals surface area contributed by atoms with Gasteiger partial charge in [-0.1, -0.05) is 74.5 Å². The minimum absolute atomic E-state index is 0. The van der Waals surface area contributed by atoms with Gasteiger partial charge in [-0.15, -0.1) is 0 Å². The van der Waals surface area contributed by atoms with Gasteiger partial charge < -0.3 is 14.9 Å². The molecule has 0 amide bonds. The van der Waals surface area contributed by atoms with E-state index in [-0.39, 0.29) is 83.1 Å². The molecule has 0 aromatic heterocycles. The first-order chi connectivity index (χ1) is 15.8. The number of rotatable bonds is 8.